The molecule has 0 bridgehead atoms. The Kier molecular flexibility index (Phi) is 4.53. The first-order valence-corrected chi connectivity index (χ1v) is 7.96. The SMILES string of the molecule is CCOCC(=O)N1Cc2ccnn2C(C(=O)NC2CC(F)(F)C2)C1. The van der Waals surface area contributed by atoms with E-state index < -0.39 is 23.9 Å². The Morgan fingerprint density at radius 3 is 2.88 bits per heavy atom. The molecule has 132 valence electrons. The molecule has 1 aromatic rings. The summed E-state index contributed by atoms with van der Waals surface area (Å²) in [6, 6.07) is 0.488. The summed E-state index contributed by atoms with van der Waals surface area (Å²) in [5.74, 6) is -3.30. The minimum Gasteiger partial charge on any atom is -0.372 e. The van der Waals surface area contributed by atoms with Crippen molar-refractivity contribution in [2.45, 2.75) is 44.3 Å². The van der Waals surface area contributed by atoms with Crippen molar-refractivity contribution in [3.8, 4) is 0 Å². The first kappa shape index (κ1) is 16.8. The second-order valence-corrected chi connectivity index (χ2v) is 6.16. The van der Waals surface area contributed by atoms with E-state index in [0.29, 0.717) is 13.2 Å². The average molecular weight is 342 g/mol. The second-order valence-electron chi connectivity index (χ2n) is 6.16. The van der Waals surface area contributed by atoms with Crippen molar-refractivity contribution in [1.82, 2.24) is 20.0 Å². The zero-order chi connectivity index (χ0) is 17.3. The lowest BCUT2D eigenvalue weighted by atomic mass is 9.88. The van der Waals surface area contributed by atoms with Crippen molar-refractivity contribution in [2.75, 3.05) is 19.8 Å². The molecule has 1 aliphatic heterocycles. The standard InChI is InChI=1S/C15H20F2N4O3/c1-2-24-9-13(22)20-7-11-3-4-18-21(11)12(8-20)14(23)19-10-5-15(16,17)6-10/h3-4,10,12H,2,5-9H2,1H3,(H,19,23). The first-order valence-electron chi connectivity index (χ1n) is 7.96. The first-order chi connectivity index (χ1) is 11.4. The number of hydrogen-bond acceptors (Lipinski definition) is 4. The summed E-state index contributed by atoms with van der Waals surface area (Å²) in [5.41, 5.74) is 0.727. The second kappa shape index (κ2) is 6.46. The molecule has 0 aromatic carbocycles. The maximum Gasteiger partial charge on any atom is 0.252 e. The number of amides is 2. The van der Waals surface area contributed by atoms with Crippen molar-refractivity contribution in [1.29, 1.82) is 0 Å². The van der Waals surface area contributed by atoms with Crippen LogP contribution in [0, 0.1) is 0 Å². The highest BCUT2D eigenvalue weighted by Gasteiger charge is 2.47. The van der Waals surface area contributed by atoms with Gasteiger partial charge in [-0.05, 0) is 13.0 Å². The van der Waals surface area contributed by atoms with E-state index in [4.69, 9.17) is 4.74 Å². The topological polar surface area (TPSA) is 76.5 Å². The molecule has 0 saturated heterocycles. The smallest absolute Gasteiger partial charge is 0.252 e. The van der Waals surface area contributed by atoms with Crippen LogP contribution in [0.5, 0.6) is 0 Å². The van der Waals surface area contributed by atoms with Gasteiger partial charge in [0.1, 0.15) is 12.6 Å². The molecule has 1 saturated carbocycles. The Morgan fingerprint density at radius 1 is 1.46 bits per heavy atom. The number of hydrogen-bond donors (Lipinski definition) is 1. The molecule has 7 nitrogen and oxygen atoms in total. The number of rotatable bonds is 5. The molecule has 2 aliphatic rings. The molecule has 9 heteroatoms. The average Bonchev–Trinajstić information content (AvgIpc) is 2.98. The Hall–Kier alpha value is -2.03. The van der Waals surface area contributed by atoms with Crippen molar-refractivity contribution >= 4 is 11.8 Å². The molecule has 1 atom stereocenters. The molecule has 0 radical (unpaired) electrons. The van der Waals surface area contributed by atoms with E-state index in [1.165, 1.54) is 4.90 Å². The summed E-state index contributed by atoms with van der Waals surface area (Å²) in [5, 5.41) is 6.76. The van der Waals surface area contributed by atoms with Crippen LogP contribution in [0.3, 0.4) is 0 Å². The van der Waals surface area contributed by atoms with Crippen molar-refractivity contribution < 1.29 is 23.1 Å². The summed E-state index contributed by atoms with van der Waals surface area (Å²) in [7, 11) is 0. The highest BCUT2D eigenvalue weighted by molar-refractivity contribution is 5.83. The fourth-order valence-electron chi connectivity index (χ4n) is 3.02. The van der Waals surface area contributed by atoms with Gasteiger partial charge in [0.15, 0.2) is 0 Å². The van der Waals surface area contributed by atoms with Gasteiger partial charge in [-0.3, -0.25) is 14.3 Å². The lowest BCUT2D eigenvalue weighted by Crippen LogP contribution is -2.54. The molecule has 1 fully saturated rings. The van der Waals surface area contributed by atoms with Crippen LogP contribution in [0.4, 0.5) is 8.78 Å². The molecule has 1 aliphatic carbocycles. The third-order valence-electron chi connectivity index (χ3n) is 4.32. The van der Waals surface area contributed by atoms with Crippen molar-refractivity contribution in [3.05, 3.63) is 18.0 Å². The summed E-state index contributed by atoms with van der Waals surface area (Å²) in [4.78, 5) is 26.2. The van der Waals surface area contributed by atoms with Gasteiger partial charge in [-0.15, -0.1) is 0 Å². The highest BCUT2D eigenvalue weighted by Crippen LogP contribution is 2.37. The van der Waals surface area contributed by atoms with Crippen molar-refractivity contribution in [2.24, 2.45) is 0 Å². The number of carbonyl (C=O) groups excluding carboxylic acids is 2. The van der Waals surface area contributed by atoms with E-state index in [1.807, 2.05) is 0 Å². The number of alkyl halides is 2. The third-order valence-corrected chi connectivity index (χ3v) is 4.32. The van der Waals surface area contributed by atoms with Crippen LogP contribution in [0.15, 0.2) is 12.3 Å². The van der Waals surface area contributed by atoms with Crippen LogP contribution in [-0.2, 0) is 20.9 Å². The highest BCUT2D eigenvalue weighted by atomic mass is 19.3. The van der Waals surface area contributed by atoms with Gasteiger partial charge < -0.3 is 15.0 Å². The summed E-state index contributed by atoms with van der Waals surface area (Å²) < 4.78 is 32.5. The van der Waals surface area contributed by atoms with Crippen LogP contribution in [0.1, 0.15) is 31.5 Å². The summed E-state index contributed by atoms with van der Waals surface area (Å²) in [6.45, 7) is 2.67. The molecule has 2 amide bonds. The molecule has 2 heterocycles. The molecule has 3 rings (SSSR count). The van der Waals surface area contributed by atoms with Crippen LogP contribution >= 0.6 is 0 Å². The van der Waals surface area contributed by atoms with Gasteiger partial charge in [0.25, 0.3) is 5.92 Å². The number of ether oxygens (including phenoxy) is 1. The van der Waals surface area contributed by atoms with Gasteiger partial charge in [0.2, 0.25) is 11.8 Å². The minimum atomic E-state index is -2.69. The number of nitrogens with one attached hydrogen (secondary N) is 1. The van der Waals surface area contributed by atoms with Gasteiger partial charge in [0.05, 0.1) is 18.8 Å². The minimum absolute atomic E-state index is 0.0478. The number of halogens is 2. The fourth-order valence-corrected chi connectivity index (χ4v) is 3.02. The van der Waals surface area contributed by atoms with Gasteiger partial charge in [-0.25, -0.2) is 8.78 Å². The van der Waals surface area contributed by atoms with Crippen LogP contribution in [0.25, 0.3) is 0 Å². The van der Waals surface area contributed by atoms with E-state index >= 15 is 0 Å². The Bertz CT molecular complexity index is 626. The van der Waals surface area contributed by atoms with E-state index in [2.05, 4.69) is 10.4 Å². The van der Waals surface area contributed by atoms with E-state index in [-0.39, 0.29) is 31.9 Å². The molecule has 1 N–H and O–H groups in total. The molecule has 24 heavy (non-hydrogen) atoms. The number of fused-ring (bicyclic) bond motifs is 1. The largest absolute Gasteiger partial charge is 0.372 e. The summed E-state index contributed by atoms with van der Waals surface area (Å²) >= 11 is 0. The maximum absolute atomic E-state index is 12.9. The molecule has 1 unspecified atom stereocenters. The number of nitrogens with zero attached hydrogens (tertiary/aromatic N) is 3. The lowest BCUT2D eigenvalue weighted by molar-refractivity contribution is -0.141. The normalized spacial score (nSPS) is 22.6. The van der Waals surface area contributed by atoms with E-state index in [0.717, 1.165) is 5.69 Å². The van der Waals surface area contributed by atoms with Gasteiger partial charge >= 0.3 is 0 Å². The van der Waals surface area contributed by atoms with Crippen LogP contribution in [-0.4, -0.2) is 58.2 Å². The monoisotopic (exact) mass is 342 g/mol. The number of aromatic nitrogens is 2. The lowest BCUT2D eigenvalue weighted by Gasteiger charge is -2.38. The van der Waals surface area contributed by atoms with Crippen LogP contribution < -0.4 is 5.32 Å². The molecular weight excluding hydrogens is 322 g/mol. The Labute approximate surface area is 137 Å². The van der Waals surface area contributed by atoms with E-state index in [1.54, 1.807) is 23.9 Å². The molecule has 0 spiro atoms. The van der Waals surface area contributed by atoms with Crippen LogP contribution in [0.2, 0.25) is 0 Å². The molecular formula is C15H20F2N4O3. The van der Waals surface area contributed by atoms with Gasteiger partial charge in [-0.1, -0.05) is 0 Å². The third kappa shape index (κ3) is 3.40. The molecule has 1 aromatic heterocycles. The van der Waals surface area contributed by atoms with Gasteiger partial charge in [-0.2, -0.15) is 5.10 Å². The quantitative estimate of drug-likeness (QED) is 0.855. The summed E-state index contributed by atoms with van der Waals surface area (Å²) in [6.07, 6.45) is 0.873. The fraction of sp³-hybridized carbons (Fsp3) is 0.667. The Morgan fingerprint density at radius 2 is 2.21 bits per heavy atom. The van der Waals surface area contributed by atoms with E-state index in [9.17, 15) is 18.4 Å². The predicted octanol–water partition coefficient (Wildman–Crippen LogP) is 0.717. The van der Waals surface area contributed by atoms with Gasteiger partial charge in [0, 0.05) is 31.7 Å². The predicted molar refractivity (Wildman–Crippen MR) is 79.3 cm³/mol. The number of carbonyl (C=O) groups is 2. The van der Waals surface area contributed by atoms with Crippen molar-refractivity contribution in [3.63, 3.8) is 0 Å². The maximum atomic E-state index is 12.9. The Balaban J connectivity index is 1.67. The zero-order valence-electron chi connectivity index (χ0n) is 13.4. The zero-order valence-corrected chi connectivity index (χ0v) is 13.4.